The fraction of sp³-hybridized carbons (Fsp3) is 0.455. The largest absolute Gasteiger partial charge is 0.356 e. The Morgan fingerprint density at radius 2 is 2.20 bits per heavy atom. The van der Waals surface area contributed by atoms with Crippen LogP contribution in [0.2, 0.25) is 0 Å². The van der Waals surface area contributed by atoms with Crippen LogP contribution in [-0.4, -0.2) is 23.5 Å². The molecule has 0 unspecified atom stereocenters. The Morgan fingerprint density at radius 1 is 1.47 bits per heavy atom. The predicted molar refractivity (Wildman–Crippen MR) is 60.0 cm³/mol. The van der Waals surface area contributed by atoms with Crippen LogP contribution in [0.1, 0.15) is 18.4 Å². The van der Waals surface area contributed by atoms with Crippen molar-refractivity contribution in [1.29, 1.82) is 5.26 Å². The van der Waals surface area contributed by atoms with E-state index in [0.717, 1.165) is 31.7 Å². The molecule has 1 aromatic rings. The Bertz CT molecular complexity index is 378. The van der Waals surface area contributed by atoms with Crippen molar-refractivity contribution in [2.24, 2.45) is 0 Å². The summed E-state index contributed by atoms with van der Waals surface area (Å²) in [7, 11) is 0. The van der Waals surface area contributed by atoms with Crippen molar-refractivity contribution < 1.29 is 0 Å². The van der Waals surface area contributed by atoms with Crippen LogP contribution in [-0.2, 0) is 0 Å². The lowest BCUT2D eigenvalue weighted by molar-refractivity contribution is 0.580. The molecule has 0 radical (unpaired) electrons. The Hall–Kier alpha value is -1.27. The molecular formula is C11H12ClN3. The van der Waals surface area contributed by atoms with E-state index in [2.05, 4.69) is 16.0 Å². The van der Waals surface area contributed by atoms with Crippen molar-refractivity contribution in [3.8, 4) is 6.07 Å². The number of rotatable bonds is 1. The second-order valence-electron chi connectivity index (χ2n) is 3.68. The summed E-state index contributed by atoms with van der Waals surface area (Å²) in [4.78, 5) is 6.45. The Labute approximate surface area is 94.3 Å². The topological polar surface area (TPSA) is 39.9 Å². The minimum atomic E-state index is 0.292. The standard InChI is InChI=1S/C11H12ClN3/c12-10-2-5-15(6-3-10)11-7-9(8-13)1-4-14-11/h1,4,7,10H,2-3,5-6H2. The van der Waals surface area contributed by atoms with Crippen LogP contribution in [0.25, 0.3) is 0 Å². The highest BCUT2D eigenvalue weighted by atomic mass is 35.5. The second kappa shape index (κ2) is 4.50. The first-order valence-electron chi connectivity index (χ1n) is 5.05. The quantitative estimate of drug-likeness (QED) is 0.683. The van der Waals surface area contributed by atoms with E-state index in [4.69, 9.17) is 16.9 Å². The third-order valence-electron chi connectivity index (χ3n) is 2.62. The lowest BCUT2D eigenvalue weighted by atomic mass is 10.1. The fourth-order valence-electron chi connectivity index (χ4n) is 1.74. The number of piperidine rings is 1. The minimum Gasteiger partial charge on any atom is -0.356 e. The van der Waals surface area contributed by atoms with Crippen LogP contribution < -0.4 is 4.90 Å². The van der Waals surface area contributed by atoms with E-state index in [1.165, 1.54) is 0 Å². The van der Waals surface area contributed by atoms with E-state index in [0.29, 0.717) is 10.9 Å². The summed E-state index contributed by atoms with van der Waals surface area (Å²) in [6.07, 6.45) is 3.65. The van der Waals surface area contributed by atoms with Crippen molar-refractivity contribution in [1.82, 2.24) is 4.98 Å². The summed E-state index contributed by atoms with van der Waals surface area (Å²) in [6.45, 7) is 1.85. The van der Waals surface area contributed by atoms with Gasteiger partial charge in [0.05, 0.1) is 11.6 Å². The molecule has 4 heteroatoms. The highest BCUT2D eigenvalue weighted by molar-refractivity contribution is 6.20. The molecule has 0 aromatic carbocycles. The van der Waals surface area contributed by atoms with E-state index < -0.39 is 0 Å². The molecular weight excluding hydrogens is 210 g/mol. The minimum absolute atomic E-state index is 0.292. The Balaban J connectivity index is 2.12. The maximum Gasteiger partial charge on any atom is 0.129 e. The van der Waals surface area contributed by atoms with Crippen molar-refractivity contribution in [2.75, 3.05) is 18.0 Å². The zero-order valence-electron chi connectivity index (χ0n) is 8.36. The first kappa shape index (κ1) is 10.3. The van der Waals surface area contributed by atoms with Crippen LogP contribution in [0.5, 0.6) is 0 Å². The SMILES string of the molecule is N#Cc1ccnc(N2CCC(Cl)CC2)c1. The molecule has 0 saturated carbocycles. The molecule has 0 N–H and O–H groups in total. The number of halogens is 1. The normalized spacial score (nSPS) is 17.5. The lowest BCUT2D eigenvalue weighted by Gasteiger charge is -2.30. The third-order valence-corrected chi connectivity index (χ3v) is 3.06. The Morgan fingerprint density at radius 3 is 2.87 bits per heavy atom. The van der Waals surface area contributed by atoms with Gasteiger partial charge in [-0.3, -0.25) is 0 Å². The monoisotopic (exact) mass is 221 g/mol. The van der Waals surface area contributed by atoms with Crippen molar-refractivity contribution in [3.63, 3.8) is 0 Å². The summed E-state index contributed by atoms with van der Waals surface area (Å²) in [5, 5.41) is 9.08. The number of hydrogen-bond acceptors (Lipinski definition) is 3. The summed E-state index contributed by atoms with van der Waals surface area (Å²) in [6, 6.07) is 5.67. The fourth-order valence-corrected chi connectivity index (χ4v) is 1.93. The van der Waals surface area contributed by atoms with Crippen molar-refractivity contribution in [2.45, 2.75) is 18.2 Å². The van der Waals surface area contributed by atoms with Gasteiger partial charge in [0, 0.05) is 24.7 Å². The molecule has 1 aliphatic rings. The molecule has 1 fully saturated rings. The molecule has 1 aromatic heterocycles. The van der Waals surface area contributed by atoms with E-state index in [-0.39, 0.29) is 0 Å². The highest BCUT2D eigenvalue weighted by Gasteiger charge is 2.18. The number of hydrogen-bond donors (Lipinski definition) is 0. The van der Waals surface area contributed by atoms with Gasteiger partial charge in [0.2, 0.25) is 0 Å². The van der Waals surface area contributed by atoms with Gasteiger partial charge in [0.15, 0.2) is 0 Å². The second-order valence-corrected chi connectivity index (χ2v) is 4.29. The maximum absolute atomic E-state index is 8.79. The molecule has 0 atom stereocenters. The van der Waals surface area contributed by atoms with Gasteiger partial charge in [-0.2, -0.15) is 5.26 Å². The third kappa shape index (κ3) is 2.40. The first-order chi connectivity index (χ1) is 7.29. The molecule has 0 amide bonds. The van der Waals surface area contributed by atoms with Gasteiger partial charge in [-0.1, -0.05) is 0 Å². The molecule has 0 spiro atoms. The average molecular weight is 222 g/mol. The van der Waals surface area contributed by atoms with Gasteiger partial charge in [-0.05, 0) is 25.0 Å². The summed E-state index contributed by atoms with van der Waals surface area (Å²) in [5.41, 5.74) is 0.660. The van der Waals surface area contributed by atoms with Gasteiger partial charge in [-0.15, -0.1) is 11.6 Å². The van der Waals surface area contributed by atoms with Crippen LogP contribution in [0, 0.1) is 11.3 Å². The van der Waals surface area contributed by atoms with Crippen LogP contribution in [0.3, 0.4) is 0 Å². The smallest absolute Gasteiger partial charge is 0.129 e. The summed E-state index contributed by atoms with van der Waals surface area (Å²) in [5.74, 6) is 0.887. The zero-order chi connectivity index (χ0) is 10.7. The summed E-state index contributed by atoms with van der Waals surface area (Å²) >= 11 is 6.03. The van der Waals surface area contributed by atoms with E-state index in [9.17, 15) is 0 Å². The number of anilines is 1. The number of nitriles is 1. The van der Waals surface area contributed by atoms with Crippen LogP contribution in [0.4, 0.5) is 5.82 Å². The molecule has 1 aliphatic heterocycles. The molecule has 1 saturated heterocycles. The number of aromatic nitrogens is 1. The van der Waals surface area contributed by atoms with Gasteiger partial charge in [-0.25, -0.2) is 4.98 Å². The number of nitrogens with zero attached hydrogens (tertiary/aromatic N) is 3. The van der Waals surface area contributed by atoms with Gasteiger partial charge < -0.3 is 4.90 Å². The molecule has 0 bridgehead atoms. The molecule has 3 nitrogen and oxygen atoms in total. The molecule has 15 heavy (non-hydrogen) atoms. The first-order valence-corrected chi connectivity index (χ1v) is 5.48. The zero-order valence-corrected chi connectivity index (χ0v) is 9.11. The predicted octanol–water partition coefficient (Wildman–Crippen LogP) is 2.16. The number of alkyl halides is 1. The van der Waals surface area contributed by atoms with E-state index >= 15 is 0 Å². The van der Waals surface area contributed by atoms with Crippen molar-refractivity contribution in [3.05, 3.63) is 23.9 Å². The molecule has 78 valence electrons. The van der Waals surface area contributed by atoms with Gasteiger partial charge in [0.25, 0.3) is 0 Å². The highest BCUT2D eigenvalue weighted by Crippen LogP contribution is 2.21. The lowest BCUT2D eigenvalue weighted by Crippen LogP contribution is -2.34. The van der Waals surface area contributed by atoms with Gasteiger partial charge in [0.1, 0.15) is 5.82 Å². The number of pyridine rings is 1. The van der Waals surface area contributed by atoms with E-state index in [1.807, 2.05) is 6.07 Å². The molecule has 2 rings (SSSR count). The van der Waals surface area contributed by atoms with Crippen molar-refractivity contribution >= 4 is 17.4 Å². The van der Waals surface area contributed by atoms with Crippen LogP contribution >= 0.6 is 11.6 Å². The van der Waals surface area contributed by atoms with Crippen LogP contribution in [0.15, 0.2) is 18.3 Å². The maximum atomic E-state index is 8.79. The molecule has 2 heterocycles. The molecule has 0 aliphatic carbocycles. The van der Waals surface area contributed by atoms with E-state index in [1.54, 1.807) is 12.3 Å². The van der Waals surface area contributed by atoms with Gasteiger partial charge >= 0.3 is 0 Å². The Kier molecular flexibility index (Phi) is 3.08. The average Bonchev–Trinajstić information content (AvgIpc) is 2.30. The summed E-state index contributed by atoms with van der Waals surface area (Å²) < 4.78 is 0.